The van der Waals surface area contributed by atoms with Gasteiger partial charge in [-0.25, -0.2) is 4.79 Å². The van der Waals surface area contributed by atoms with Gasteiger partial charge in [-0.3, -0.25) is 9.78 Å². The van der Waals surface area contributed by atoms with Gasteiger partial charge < -0.3 is 30.0 Å². The zero-order valence-electron chi connectivity index (χ0n) is 22.1. The second-order valence-electron chi connectivity index (χ2n) is 11.0. The first-order valence-corrected chi connectivity index (χ1v) is 12.1. The van der Waals surface area contributed by atoms with Gasteiger partial charge in [0.25, 0.3) is 11.9 Å². The summed E-state index contributed by atoms with van der Waals surface area (Å²) >= 11 is 0. The van der Waals surface area contributed by atoms with E-state index in [1.54, 1.807) is 39.1 Å². The first-order valence-electron chi connectivity index (χ1n) is 12.1. The Morgan fingerprint density at radius 1 is 1.22 bits per heavy atom. The Bertz CT molecular complexity index is 1210. The standard InChI is InChI=1S/C27H34N4O6/c1-16-7-9-20(29-12-16)22(32)30-17-8-10-21-18(11-17)19(27(14-34-15-27)26(5,6)36-21)13-35-23(28)31-24(33)37-25(2,3)4/h7-12,19H,13-15H2,1-6H3,(H,30,32)(H2,28,31,33). The molecule has 1 aromatic heterocycles. The highest BCUT2D eigenvalue weighted by atomic mass is 16.6. The van der Waals surface area contributed by atoms with Gasteiger partial charge >= 0.3 is 6.09 Å². The summed E-state index contributed by atoms with van der Waals surface area (Å²) in [5.41, 5.74) is 6.94. The fourth-order valence-electron chi connectivity index (χ4n) is 4.58. The van der Waals surface area contributed by atoms with Crippen molar-refractivity contribution in [2.24, 2.45) is 16.1 Å². The predicted octanol–water partition coefficient (Wildman–Crippen LogP) is 4.18. The Kier molecular flexibility index (Phi) is 6.89. The molecule has 1 unspecified atom stereocenters. The molecule has 0 radical (unpaired) electrons. The zero-order valence-corrected chi connectivity index (χ0v) is 22.1. The van der Waals surface area contributed by atoms with Crippen LogP contribution in [0, 0.1) is 12.3 Å². The van der Waals surface area contributed by atoms with Gasteiger partial charge in [-0.1, -0.05) is 6.07 Å². The highest BCUT2D eigenvalue weighted by molar-refractivity contribution is 6.03. The van der Waals surface area contributed by atoms with Crippen LogP contribution in [0.25, 0.3) is 0 Å². The number of hydrogen-bond donors (Lipinski definition) is 2. The lowest BCUT2D eigenvalue weighted by Crippen LogP contribution is -2.65. The maximum Gasteiger partial charge on any atom is 0.438 e. The highest BCUT2D eigenvalue weighted by Crippen LogP contribution is 2.57. The molecule has 2 aliphatic heterocycles. The third-order valence-electron chi connectivity index (χ3n) is 6.73. The Labute approximate surface area is 216 Å². The van der Waals surface area contributed by atoms with Gasteiger partial charge in [0.15, 0.2) is 0 Å². The molecule has 1 fully saturated rings. The van der Waals surface area contributed by atoms with Gasteiger partial charge in [-0.15, -0.1) is 4.99 Å². The number of carbonyl (C=O) groups excluding carboxylic acids is 2. The number of amides is 2. The van der Waals surface area contributed by atoms with E-state index in [0.717, 1.165) is 11.1 Å². The predicted molar refractivity (Wildman–Crippen MR) is 138 cm³/mol. The summed E-state index contributed by atoms with van der Waals surface area (Å²) in [4.78, 5) is 32.7. The lowest BCUT2D eigenvalue weighted by Gasteiger charge is -2.58. The van der Waals surface area contributed by atoms with Crippen LogP contribution in [0.4, 0.5) is 10.5 Å². The fraction of sp³-hybridized carbons (Fsp3) is 0.481. The molecule has 1 saturated heterocycles. The maximum atomic E-state index is 12.8. The van der Waals surface area contributed by atoms with E-state index in [-0.39, 0.29) is 24.5 Å². The minimum absolute atomic E-state index is 0.123. The molecule has 10 nitrogen and oxygen atoms in total. The van der Waals surface area contributed by atoms with Crippen molar-refractivity contribution in [3.05, 3.63) is 53.3 Å². The van der Waals surface area contributed by atoms with Gasteiger partial charge in [0.05, 0.1) is 25.2 Å². The molecule has 1 spiro atoms. The summed E-state index contributed by atoms with van der Waals surface area (Å²) in [7, 11) is 0. The summed E-state index contributed by atoms with van der Waals surface area (Å²) in [5.74, 6) is 0.132. The number of rotatable bonds is 4. The van der Waals surface area contributed by atoms with Crippen molar-refractivity contribution in [3.8, 4) is 5.75 Å². The maximum absolute atomic E-state index is 12.8. The molecule has 0 saturated carbocycles. The quantitative estimate of drug-likeness (QED) is 0.462. The van der Waals surface area contributed by atoms with Gasteiger partial charge in [0.2, 0.25) is 0 Å². The van der Waals surface area contributed by atoms with Gasteiger partial charge in [-0.2, -0.15) is 0 Å². The van der Waals surface area contributed by atoms with Crippen LogP contribution in [0.5, 0.6) is 5.75 Å². The molecule has 4 rings (SSSR count). The van der Waals surface area contributed by atoms with Crippen molar-refractivity contribution in [1.82, 2.24) is 4.98 Å². The Morgan fingerprint density at radius 2 is 1.95 bits per heavy atom. The minimum atomic E-state index is -0.825. The summed E-state index contributed by atoms with van der Waals surface area (Å²) in [6.07, 6.45) is 0.823. The zero-order chi connectivity index (χ0) is 27.0. The molecule has 3 N–H and O–H groups in total. The molecule has 198 valence electrons. The number of nitrogens with zero attached hydrogens (tertiary/aromatic N) is 2. The van der Waals surface area contributed by atoms with Crippen LogP contribution in [0.1, 0.15) is 62.2 Å². The Balaban J connectivity index is 1.59. The van der Waals surface area contributed by atoms with Crippen molar-refractivity contribution in [2.45, 2.75) is 58.7 Å². The van der Waals surface area contributed by atoms with E-state index in [0.29, 0.717) is 30.3 Å². The molecule has 0 aliphatic carbocycles. The van der Waals surface area contributed by atoms with Gasteiger partial charge in [-0.05, 0) is 71.4 Å². The molecule has 2 aliphatic rings. The molecule has 1 atom stereocenters. The summed E-state index contributed by atoms with van der Waals surface area (Å²) in [6, 6.07) is 8.71. The number of hydrogen-bond acceptors (Lipinski definition) is 7. The second-order valence-corrected chi connectivity index (χ2v) is 11.0. The van der Waals surface area contributed by atoms with Crippen LogP contribution in [0.2, 0.25) is 0 Å². The summed E-state index contributed by atoms with van der Waals surface area (Å²) < 4.78 is 23.0. The van der Waals surface area contributed by atoms with Crippen molar-refractivity contribution in [2.75, 3.05) is 25.1 Å². The number of aryl methyl sites for hydroxylation is 1. The molecule has 2 amide bonds. The number of nitrogens with two attached hydrogens (primary N) is 1. The molecule has 37 heavy (non-hydrogen) atoms. The summed E-state index contributed by atoms with van der Waals surface area (Å²) in [5, 5.41) is 2.91. The molecule has 2 aromatic rings. The second kappa shape index (κ2) is 9.66. The van der Waals surface area contributed by atoms with Gasteiger partial charge in [0, 0.05) is 23.4 Å². The number of nitrogens with one attached hydrogen (secondary N) is 1. The van der Waals surface area contributed by atoms with Crippen LogP contribution in [-0.4, -0.2) is 54.0 Å². The Morgan fingerprint density at radius 3 is 2.54 bits per heavy atom. The lowest BCUT2D eigenvalue weighted by molar-refractivity contribution is -0.224. The van der Waals surface area contributed by atoms with Crippen LogP contribution in [0.15, 0.2) is 41.5 Å². The average Bonchev–Trinajstić information content (AvgIpc) is 2.74. The number of carbonyl (C=O) groups is 2. The van der Waals surface area contributed by atoms with E-state index in [9.17, 15) is 9.59 Å². The number of benzene rings is 1. The van der Waals surface area contributed by atoms with E-state index in [4.69, 9.17) is 24.7 Å². The normalized spacial score (nSPS) is 19.7. The van der Waals surface area contributed by atoms with E-state index < -0.39 is 22.7 Å². The topological polar surface area (TPSA) is 134 Å². The molecule has 3 heterocycles. The van der Waals surface area contributed by atoms with Crippen LogP contribution in [0.3, 0.4) is 0 Å². The minimum Gasteiger partial charge on any atom is -0.487 e. The summed E-state index contributed by atoms with van der Waals surface area (Å²) in [6.45, 7) is 12.2. The average molecular weight is 511 g/mol. The molecule has 10 heteroatoms. The van der Waals surface area contributed by atoms with E-state index >= 15 is 0 Å². The number of anilines is 1. The number of aromatic nitrogens is 1. The SMILES string of the molecule is Cc1ccc(C(=O)Nc2ccc3c(c2)C(CO/C(N)=N/C(=O)OC(C)(C)C)C2(COC2)C(C)(C)O3)nc1. The number of aliphatic imine (C=N–C) groups is 1. The Hall–Kier alpha value is -3.66. The van der Waals surface area contributed by atoms with Crippen molar-refractivity contribution < 1.29 is 28.5 Å². The van der Waals surface area contributed by atoms with Crippen LogP contribution >= 0.6 is 0 Å². The molecule has 0 bridgehead atoms. The number of ether oxygens (including phenoxy) is 4. The monoisotopic (exact) mass is 510 g/mol. The van der Waals surface area contributed by atoms with Crippen molar-refractivity contribution >= 4 is 23.7 Å². The van der Waals surface area contributed by atoms with E-state index in [1.807, 2.05) is 39.0 Å². The van der Waals surface area contributed by atoms with Gasteiger partial charge in [0.1, 0.15) is 22.6 Å². The smallest absolute Gasteiger partial charge is 0.438 e. The van der Waals surface area contributed by atoms with Crippen LogP contribution in [-0.2, 0) is 14.2 Å². The lowest BCUT2D eigenvalue weighted by atomic mass is 9.60. The third-order valence-corrected chi connectivity index (χ3v) is 6.73. The van der Waals surface area contributed by atoms with Crippen LogP contribution < -0.4 is 15.8 Å². The van der Waals surface area contributed by atoms with Crippen molar-refractivity contribution in [3.63, 3.8) is 0 Å². The fourth-order valence-corrected chi connectivity index (χ4v) is 4.58. The molecule has 1 aromatic carbocycles. The molecular formula is C27H34N4O6. The number of amidine groups is 1. The van der Waals surface area contributed by atoms with E-state index in [1.165, 1.54) is 0 Å². The third kappa shape index (κ3) is 5.53. The highest BCUT2D eigenvalue weighted by Gasteiger charge is 2.61. The number of pyridine rings is 1. The number of fused-ring (bicyclic) bond motifs is 1. The molecular weight excluding hydrogens is 476 g/mol. The largest absolute Gasteiger partial charge is 0.487 e. The van der Waals surface area contributed by atoms with Crippen molar-refractivity contribution in [1.29, 1.82) is 0 Å². The van der Waals surface area contributed by atoms with E-state index in [2.05, 4.69) is 15.3 Å². The first-order chi connectivity index (χ1) is 17.3. The first kappa shape index (κ1) is 26.4.